The Morgan fingerprint density at radius 1 is 0.878 bits per heavy atom. The van der Waals surface area contributed by atoms with Gasteiger partial charge in [-0.3, -0.25) is 14.5 Å². The molecule has 49 heavy (non-hydrogen) atoms. The summed E-state index contributed by atoms with van der Waals surface area (Å²) >= 11 is 0. The Labute approximate surface area is 285 Å². The smallest absolute Gasteiger partial charge is 0.336 e. The molecule has 5 aromatic rings. The molecule has 0 saturated carbocycles. The number of hydrogen-bond donors (Lipinski definition) is 1. The molecule has 4 heterocycles. The van der Waals surface area contributed by atoms with Gasteiger partial charge in [0.1, 0.15) is 17.9 Å². The standard InChI is InChI=1S/C40H37N5O4/c1-4-48-40(47)37-33(20-15-29-11-6-5-7-12-29)36(39(46)49-24-9-8-13-30-14-10-22-41-25-30)27(2)43-38(37)31-16-18-32(19-17-31)45-28(3)44-34-26-42-23-21-35(34)45/h5-7,10-12,14,16-19,21-23,25-26,33,43H,4,9,15,20,24H2,1-3H3. The van der Waals surface area contributed by atoms with Crippen LogP contribution in [0.25, 0.3) is 22.4 Å². The molecule has 0 spiro atoms. The number of fused-ring (bicyclic) bond motifs is 1. The van der Waals surface area contributed by atoms with Crippen LogP contribution in [0.5, 0.6) is 0 Å². The molecular formula is C40H37N5O4. The number of ether oxygens (including phenoxy) is 2. The van der Waals surface area contributed by atoms with Gasteiger partial charge in [0.25, 0.3) is 0 Å². The normalized spacial score (nSPS) is 14.2. The number of imidazole rings is 1. The van der Waals surface area contributed by atoms with Gasteiger partial charge >= 0.3 is 11.9 Å². The van der Waals surface area contributed by atoms with Crippen molar-refractivity contribution in [3.8, 4) is 17.5 Å². The van der Waals surface area contributed by atoms with Crippen molar-refractivity contribution in [2.75, 3.05) is 13.2 Å². The first-order valence-electron chi connectivity index (χ1n) is 16.3. The van der Waals surface area contributed by atoms with E-state index in [4.69, 9.17) is 9.47 Å². The number of dihydropyridines is 1. The molecule has 2 aromatic carbocycles. The number of carbonyl (C=O) groups is 2. The summed E-state index contributed by atoms with van der Waals surface area (Å²) in [5, 5.41) is 3.39. The van der Waals surface area contributed by atoms with Crippen LogP contribution in [0, 0.1) is 24.7 Å². The molecule has 0 aliphatic carbocycles. The highest BCUT2D eigenvalue weighted by molar-refractivity contribution is 6.03. The van der Waals surface area contributed by atoms with E-state index in [9.17, 15) is 9.59 Å². The third-order valence-electron chi connectivity index (χ3n) is 8.36. The van der Waals surface area contributed by atoms with E-state index in [0.29, 0.717) is 41.8 Å². The molecule has 1 aliphatic rings. The Bertz CT molecular complexity index is 2090. The SMILES string of the molecule is CCOC(=O)C1=C(c2ccc(-n3c(C)nc4cnccc43)cc2)NC(C)=C(C(=O)OCCC#Cc2cccnc2)C1CCc1ccccc1. The van der Waals surface area contributed by atoms with Gasteiger partial charge in [-0.05, 0) is 75.1 Å². The van der Waals surface area contributed by atoms with E-state index in [-0.39, 0.29) is 13.2 Å². The Hall–Kier alpha value is -6.01. The fourth-order valence-electron chi connectivity index (χ4n) is 6.15. The second-order valence-corrected chi connectivity index (χ2v) is 11.6. The second kappa shape index (κ2) is 15.3. The van der Waals surface area contributed by atoms with E-state index in [0.717, 1.165) is 39.2 Å². The number of aryl methyl sites for hydroxylation is 2. The molecule has 3 aromatic heterocycles. The first kappa shape index (κ1) is 32.9. The zero-order chi connectivity index (χ0) is 34.2. The van der Waals surface area contributed by atoms with Gasteiger partial charge < -0.3 is 14.8 Å². The molecule has 1 atom stereocenters. The molecule has 0 fully saturated rings. The zero-order valence-electron chi connectivity index (χ0n) is 27.8. The number of nitrogens with one attached hydrogen (secondary N) is 1. The Morgan fingerprint density at radius 2 is 1.65 bits per heavy atom. The van der Waals surface area contributed by atoms with Crippen molar-refractivity contribution >= 4 is 28.7 Å². The number of carbonyl (C=O) groups excluding carboxylic acids is 2. The predicted octanol–water partition coefficient (Wildman–Crippen LogP) is 6.51. The lowest BCUT2D eigenvalue weighted by molar-refractivity contribution is -0.140. The number of allylic oxidation sites excluding steroid dienone is 1. The average Bonchev–Trinajstić information content (AvgIpc) is 3.46. The molecule has 246 valence electrons. The quantitative estimate of drug-likeness (QED) is 0.104. The molecule has 1 N–H and O–H groups in total. The van der Waals surface area contributed by atoms with Crippen molar-refractivity contribution in [1.82, 2.24) is 24.8 Å². The molecule has 6 rings (SSSR count). The largest absolute Gasteiger partial charge is 0.463 e. The fraction of sp³-hybridized carbons (Fsp3) is 0.225. The molecule has 9 nitrogen and oxygen atoms in total. The lowest BCUT2D eigenvalue weighted by Crippen LogP contribution is -2.34. The number of pyridine rings is 2. The maximum absolute atomic E-state index is 13.8. The highest BCUT2D eigenvalue weighted by Gasteiger charge is 2.38. The summed E-state index contributed by atoms with van der Waals surface area (Å²) in [5.74, 6) is 5.37. The summed E-state index contributed by atoms with van der Waals surface area (Å²) in [4.78, 5) is 40.5. The van der Waals surface area contributed by atoms with Gasteiger partial charge in [0.05, 0.1) is 35.2 Å². The minimum absolute atomic E-state index is 0.111. The molecule has 0 radical (unpaired) electrons. The Balaban J connectivity index is 1.33. The molecular weight excluding hydrogens is 614 g/mol. The van der Waals surface area contributed by atoms with E-state index < -0.39 is 17.9 Å². The van der Waals surface area contributed by atoms with E-state index >= 15 is 0 Å². The van der Waals surface area contributed by atoms with Crippen molar-refractivity contribution < 1.29 is 19.1 Å². The van der Waals surface area contributed by atoms with E-state index in [1.807, 2.05) is 86.6 Å². The summed E-state index contributed by atoms with van der Waals surface area (Å²) in [5.41, 5.74) is 7.41. The third kappa shape index (κ3) is 7.44. The first-order chi connectivity index (χ1) is 23.9. The van der Waals surface area contributed by atoms with Gasteiger partial charge in [0, 0.05) is 47.9 Å². The number of aromatic nitrogens is 4. The highest BCUT2D eigenvalue weighted by atomic mass is 16.5. The molecule has 1 unspecified atom stereocenters. The molecule has 0 amide bonds. The second-order valence-electron chi connectivity index (χ2n) is 11.6. The topological polar surface area (TPSA) is 108 Å². The average molecular weight is 652 g/mol. The molecule has 9 heteroatoms. The summed E-state index contributed by atoms with van der Waals surface area (Å²) < 4.78 is 13.5. The first-order valence-corrected chi connectivity index (χ1v) is 16.3. The maximum Gasteiger partial charge on any atom is 0.336 e. The molecule has 0 saturated heterocycles. The third-order valence-corrected chi connectivity index (χ3v) is 8.36. The Kier molecular flexibility index (Phi) is 10.3. The van der Waals surface area contributed by atoms with Crippen molar-refractivity contribution in [2.45, 2.75) is 40.0 Å². The van der Waals surface area contributed by atoms with Gasteiger partial charge in [0.2, 0.25) is 0 Å². The highest BCUT2D eigenvalue weighted by Crippen LogP contribution is 2.38. The van der Waals surface area contributed by atoms with Crippen LogP contribution in [0.4, 0.5) is 0 Å². The van der Waals surface area contributed by atoms with Gasteiger partial charge in [-0.2, -0.15) is 0 Å². The van der Waals surface area contributed by atoms with Crippen LogP contribution in [0.3, 0.4) is 0 Å². The van der Waals surface area contributed by atoms with Crippen LogP contribution < -0.4 is 5.32 Å². The number of nitrogens with zero attached hydrogens (tertiary/aromatic N) is 4. The number of benzene rings is 2. The van der Waals surface area contributed by atoms with Crippen LogP contribution in [-0.2, 0) is 25.5 Å². The fourth-order valence-corrected chi connectivity index (χ4v) is 6.15. The van der Waals surface area contributed by atoms with Crippen LogP contribution >= 0.6 is 0 Å². The minimum atomic E-state index is -0.573. The van der Waals surface area contributed by atoms with Crippen LogP contribution in [-0.4, -0.2) is 44.7 Å². The van der Waals surface area contributed by atoms with Crippen molar-refractivity contribution in [1.29, 1.82) is 0 Å². The van der Waals surface area contributed by atoms with E-state index in [1.54, 1.807) is 31.7 Å². The van der Waals surface area contributed by atoms with Crippen molar-refractivity contribution in [3.63, 3.8) is 0 Å². The van der Waals surface area contributed by atoms with Crippen LogP contribution in [0.2, 0.25) is 0 Å². The van der Waals surface area contributed by atoms with Crippen LogP contribution in [0.1, 0.15) is 49.2 Å². The maximum atomic E-state index is 13.8. The monoisotopic (exact) mass is 651 g/mol. The predicted molar refractivity (Wildman–Crippen MR) is 188 cm³/mol. The van der Waals surface area contributed by atoms with Crippen molar-refractivity contribution in [3.05, 3.63) is 137 Å². The summed E-state index contributed by atoms with van der Waals surface area (Å²) in [6.07, 6.45) is 8.37. The number of esters is 2. The number of rotatable bonds is 10. The van der Waals surface area contributed by atoms with Gasteiger partial charge in [-0.1, -0.05) is 54.3 Å². The zero-order valence-corrected chi connectivity index (χ0v) is 27.8. The molecule has 1 aliphatic heterocycles. The Morgan fingerprint density at radius 3 is 2.41 bits per heavy atom. The van der Waals surface area contributed by atoms with Gasteiger partial charge in [-0.15, -0.1) is 0 Å². The lowest BCUT2D eigenvalue weighted by atomic mass is 9.80. The van der Waals surface area contributed by atoms with E-state index in [2.05, 4.69) is 36.7 Å². The lowest BCUT2D eigenvalue weighted by Gasteiger charge is -2.31. The summed E-state index contributed by atoms with van der Waals surface area (Å²) in [7, 11) is 0. The summed E-state index contributed by atoms with van der Waals surface area (Å²) in [6, 6.07) is 23.6. The van der Waals surface area contributed by atoms with Gasteiger partial charge in [0.15, 0.2) is 0 Å². The van der Waals surface area contributed by atoms with E-state index in [1.165, 1.54) is 0 Å². The summed E-state index contributed by atoms with van der Waals surface area (Å²) in [6.45, 7) is 5.88. The van der Waals surface area contributed by atoms with Crippen LogP contribution in [0.15, 0.2) is 114 Å². The number of hydrogen-bond acceptors (Lipinski definition) is 8. The van der Waals surface area contributed by atoms with Gasteiger partial charge in [-0.25, -0.2) is 14.6 Å². The van der Waals surface area contributed by atoms with Crippen molar-refractivity contribution in [2.24, 2.45) is 5.92 Å². The minimum Gasteiger partial charge on any atom is -0.463 e. The molecule has 0 bridgehead atoms.